The highest BCUT2D eigenvalue weighted by atomic mass is 16.3. The molecule has 19 heavy (non-hydrogen) atoms. The lowest BCUT2D eigenvalue weighted by atomic mass is 9.98. The molecule has 3 nitrogen and oxygen atoms in total. The minimum absolute atomic E-state index is 0.595. The molecular weight excluding hydrogens is 236 g/mol. The lowest BCUT2D eigenvalue weighted by molar-refractivity contribution is 0.0335. The number of nitrogens with one attached hydrogen (secondary N) is 1. The molecule has 1 rings (SSSR count). The van der Waals surface area contributed by atoms with Crippen molar-refractivity contribution in [3.8, 4) is 6.07 Å². The molecule has 2 N–H and O–H groups in total. The summed E-state index contributed by atoms with van der Waals surface area (Å²) >= 11 is 0. The van der Waals surface area contributed by atoms with Crippen LogP contribution in [0.2, 0.25) is 0 Å². The van der Waals surface area contributed by atoms with Crippen LogP contribution >= 0.6 is 0 Å². The van der Waals surface area contributed by atoms with Crippen molar-refractivity contribution in [2.24, 2.45) is 0 Å². The van der Waals surface area contributed by atoms with Gasteiger partial charge in [0.05, 0.1) is 17.2 Å². The van der Waals surface area contributed by atoms with Gasteiger partial charge < -0.3 is 10.4 Å². The number of benzene rings is 1. The summed E-state index contributed by atoms with van der Waals surface area (Å²) in [5.41, 5.74) is 1.15. The molecule has 0 unspecified atom stereocenters. The Morgan fingerprint density at radius 1 is 1.26 bits per heavy atom. The molecule has 102 valence electrons. The van der Waals surface area contributed by atoms with Crippen molar-refractivity contribution in [2.45, 2.75) is 32.3 Å². The summed E-state index contributed by atoms with van der Waals surface area (Å²) in [6.07, 6.45) is 5.55. The summed E-state index contributed by atoms with van der Waals surface area (Å²) < 4.78 is 0. The monoisotopic (exact) mass is 258 g/mol. The second kappa shape index (κ2) is 7.73. The Morgan fingerprint density at radius 2 is 1.89 bits per heavy atom. The molecule has 0 fully saturated rings. The van der Waals surface area contributed by atoms with Crippen LogP contribution in [0, 0.1) is 11.3 Å². The Labute approximate surface area is 115 Å². The molecule has 0 heterocycles. The first-order chi connectivity index (χ1) is 9.13. The van der Waals surface area contributed by atoms with E-state index < -0.39 is 5.60 Å². The molecule has 0 aliphatic carbocycles. The van der Waals surface area contributed by atoms with E-state index in [0.29, 0.717) is 12.1 Å². The van der Waals surface area contributed by atoms with Crippen molar-refractivity contribution < 1.29 is 5.11 Å². The molecule has 1 aromatic rings. The standard InChI is InChI=1S/C16H22N2O/c1-3-16(19,4-2)13-18-11-5-6-14-7-9-15(12-17)10-8-14/h5-10,18-19H,3-4,11,13H2,1-2H3/b6-5+. The highest BCUT2D eigenvalue weighted by molar-refractivity contribution is 5.51. The third-order valence-corrected chi connectivity index (χ3v) is 3.38. The molecule has 0 aliphatic rings. The summed E-state index contributed by atoms with van der Waals surface area (Å²) in [6, 6.07) is 9.55. The van der Waals surface area contributed by atoms with Crippen molar-refractivity contribution in [1.29, 1.82) is 5.26 Å². The lowest BCUT2D eigenvalue weighted by Gasteiger charge is -2.25. The number of hydrogen-bond acceptors (Lipinski definition) is 3. The van der Waals surface area contributed by atoms with Gasteiger partial charge >= 0.3 is 0 Å². The van der Waals surface area contributed by atoms with Crippen LogP contribution in [0.1, 0.15) is 37.8 Å². The average Bonchev–Trinajstić information content (AvgIpc) is 2.47. The smallest absolute Gasteiger partial charge is 0.0991 e. The van der Waals surface area contributed by atoms with Gasteiger partial charge in [0.25, 0.3) is 0 Å². The summed E-state index contributed by atoms with van der Waals surface area (Å²) in [5.74, 6) is 0. The van der Waals surface area contributed by atoms with Crippen LogP contribution in [-0.4, -0.2) is 23.8 Å². The summed E-state index contributed by atoms with van der Waals surface area (Å²) in [5, 5.41) is 22.0. The molecular formula is C16H22N2O. The van der Waals surface area contributed by atoms with E-state index in [1.165, 1.54) is 0 Å². The molecule has 0 radical (unpaired) electrons. The molecule has 0 saturated heterocycles. The zero-order valence-corrected chi connectivity index (χ0v) is 11.7. The van der Waals surface area contributed by atoms with Gasteiger partial charge in [-0.2, -0.15) is 5.26 Å². The third kappa shape index (κ3) is 5.25. The van der Waals surface area contributed by atoms with Gasteiger partial charge in [0.2, 0.25) is 0 Å². The van der Waals surface area contributed by atoms with Crippen LogP contribution in [0.25, 0.3) is 6.08 Å². The number of aliphatic hydroxyl groups is 1. The van der Waals surface area contributed by atoms with Crippen molar-refractivity contribution in [3.63, 3.8) is 0 Å². The fraction of sp³-hybridized carbons (Fsp3) is 0.438. The van der Waals surface area contributed by atoms with Crippen molar-refractivity contribution >= 4 is 6.08 Å². The van der Waals surface area contributed by atoms with E-state index in [9.17, 15) is 5.11 Å². The van der Waals surface area contributed by atoms with Crippen LogP contribution in [0.3, 0.4) is 0 Å². The molecule has 0 amide bonds. The SMILES string of the molecule is CCC(O)(CC)CNC/C=C/c1ccc(C#N)cc1. The number of nitriles is 1. The van der Waals surface area contributed by atoms with E-state index in [1.54, 1.807) is 12.1 Å². The Bertz CT molecular complexity index is 439. The minimum Gasteiger partial charge on any atom is -0.389 e. The fourth-order valence-corrected chi connectivity index (χ4v) is 1.75. The molecule has 0 aromatic heterocycles. The molecule has 1 aromatic carbocycles. The first-order valence-electron chi connectivity index (χ1n) is 6.73. The quantitative estimate of drug-likeness (QED) is 0.739. The second-order valence-corrected chi connectivity index (χ2v) is 4.70. The Kier molecular flexibility index (Phi) is 6.27. The fourth-order valence-electron chi connectivity index (χ4n) is 1.75. The van der Waals surface area contributed by atoms with Crippen LogP contribution < -0.4 is 5.32 Å². The van der Waals surface area contributed by atoms with E-state index in [1.807, 2.05) is 38.1 Å². The Balaban J connectivity index is 2.36. The van der Waals surface area contributed by atoms with Crippen LogP contribution in [0.5, 0.6) is 0 Å². The maximum Gasteiger partial charge on any atom is 0.0991 e. The van der Waals surface area contributed by atoms with Crippen molar-refractivity contribution in [1.82, 2.24) is 5.32 Å². The highest BCUT2D eigenvalue weighted by Gasteiger charge is 2.20. The average molecular weight is 258 g/mol. The van der Waals surface area contributed by atoms with Gasteiger partial charge in [0.1, 0.15) is 0 Å². The van der Waals surface area contributed by atoms with Crippen LogP contribution in [0.15, 0.2) is 30.3 Å². The summed E-state index contributed by atoms with van der Waals surface area (Å²) in [6.45, 7) is 5.33. The van der Waals surface area contributed by atoms with Crippen LogP contribution in [-0.2, 0) is 0 Å². The lowest BCUT2D eigenvalue weighted by Crippen LogP contribution is -2.39. The molecule has 0 saturated carbocycles. The van der Waals surface area contributed by atoms with Gasteiger partial charge in [0.15, 0.2) is 0 Å². The predicted molar refractivity (Wildman–Crippen MR) is 78.6 cm³/mol. The predicted octanol–water partition coefficient (Wildman–Crippen LogP) is 2.71. The molecule has 0 aliphatic heterocycles. The van der Waals surface area contributed by atoms with E-state index in [2.05, 4.69) is 11.4 Å². The van der Waals surface area contributed by atoms with Crippen molar-refractivity contribution in [2.75, 3.05) is 13.1 Å². The van der Waals surface area contributed by atoms with Crippen molar-refractivity contribution in [3.05, 3.63) is 41.5 Å². The maximum atomic E-state index is 10.1. The van der Waals surface area contributed by atoms with E-state index in [0.717, 1.165) is 24.9 Å². The normalized spacial score (nSPS) is 11.7. The molecule has 0 spiro atoms. The van der Waals surface area contributed by atoms with Gasteiger partial charge in [-0.05, 0) is 30.5 Å². The second-order valence-electron chi connectivity index (χ2n) is 4.70. The zero-order valence-electron chi connectivity index (χ0n) is 11.7. The summed E-state index contributed by atoms with van der Waals surface area (Å²) in [7, 11) is 0. The molecule has 3 heteroatoms. The maximum absolute atomic E-state index is 10.1. The Hall–Kier alpha value is -1.63. The van der Waals surface area contributed by atoms with E-state index in [-0.39, 0.29) is 0 Å². The van der Waals surface area contributed by atoms with Gasteiger partial charge in [-0.15, -0.1) is 0 Å². The Morgan fingerprint density at radius 3 is 2.42 bits per heavy atom. The summed E-state index contributed by atoms with van der Waals surface area (Å²) in [4.78, 5) is 0. The van der Waals surface area contributed by atoms with Gasteiger partial charge in [0, 0.05) is 13.1 Å². The minimum atomic E-state index is -0.595. The largest absolute Gasteiger partial charge is 0.389 e. The third-order valence-electron chi connectivity index (χ3n) is 3.38. The highest BCUT2D eigenvalue weighted by Crippen LogP contribution is 2.12. The van der Waals surface area contributed by atoms with Crippen LogP contribution in [0.4, 0.5) is 0 Å². The van der Waals surface area contributed by atoms with E-state index >= 15 is 0 Å². The van der Waals surface area contributed by atoms with Gasteiger partial charge in [-0.25, -0.2) is 0 Å². The number of rotatable bonds is 7. The number of hydrogen-bond donors (Lipinski definition) is 2. The zero-order chi connectivity index (χ0) is 14.1. The molecule has 0 atom stereocenters. The van der Waals surface area contributed by atoms with Gasteiger partial charge in [-0.1, -0.05) is 38.1 Å². The first kappa shape index (κ1) is 15.4. The number of nitrogens with zero attached hydrogens (tertiary/aromatic N) is 1. The van der Waals surface area contributed by atoms with Gasteiger partial charge in [-0.3, -0.25) is 0 Å². The van der Waals surface area contributed by atoms with E-state index in [4.69, 9.17) is 5.26 Å². The topological polar surface area (TPSA) is 56.0 Å². The first-order valence-corrected chi connectivity index (χ1v) is 6.73. The molecule has 0 bridgehead atoms.